The number of amides is 1. The van der Waals surface area contributed by atoms with Crippen LogP contribution in [0.4, 0.5) is 4.39 Å². The van der Waals surface area contributed by atoms with Gasteiger partial charge < -0.3 is 14.9 Å². The Balaban J connectivity index is 1.61. The van der Waals surface area contributed by atoms with E-state index in [0.717, 1.165) is 30.4 Å². The highest BCUT2D eigenvalue weighted by Crippen LogP contribution is 2.38. The van der Waals surface area contributed by atoms with E-state index in [9.17, 15) is 14.3 Å². The van der Waals surface area contributed by atoms with Crippen molar-refractivity contribution in [2.45, 2.75) is 37.5 Å². The van der Waals surface area contributed by atoms with E-state index in [2.05, 4.69) is 11.0 Å². The van der Waals surface area contributed by atoms with Crippen LogP contribution in [0.1, 0.15) is 35.6 Å². The molecule has 0 spiro atoms. The molecule has 1 heterocycles. The zero-order valence-corrected chi connectivity index (χ0v) is 16.4. The highest BCUT2D eigenvalue weighted by molar-refractivity contribution is 5.82. The lowest BCUT2D eigenvalue weighted by atomic mass is 9.75. The molecule has 0 unspecified atom stereocenters. The Labute approximate surface area is 165 Å². The quantitative estimate of drug-likeness (QED) is 0.884. The van der Waals surface area contributed by atoms with E-state index in [0.29, 0.717) is 12.6 Å². The number of aliphatic hydroxyl groups excluding tert-OH is 1. The summed E-state index contributed by atoms with van der Waals surface area (Å²) in [5.74, 6) is -0.507. The Kier molecular flexibility index (Phi) is 5.21. The summed E-state index contributed by atoms with van der Waals surface area (Å²) in [4.78, 5) is 17.2. The fourth-order valence-corrected chi connectivity index (χ4v) is 4.49. The van der Waals surface area contributed by atoms with Gasteiger partial charge in [0.25, 0.3) is 5.91 Å². The van der Waals surface area contributed by atoms with Crippen LogP contribution < -0.4 is 0 Å². The largest absolute Gasteiger partial charge is 0.383 e. The summed E-state index contributed by atoms with van der Waals surface area (Å²) < 4.78 is 13.5. The predicted molar refractivity (Wildman–Crippen MR) is 106 cm³/mol. The van der Waals surface area contributed by atoms with Crippen molar-refractivity contribution in [3.05, 3.63) is 71.0 Å². The van der Waals surface area contributed by atoms with E-state index >= 15 is 0 Å². The molecule has 1 aliphatic heterocycles. The second-order valence-corrected chi connectivity index (χ2v) is 8.23. The first kappa shape index (κ1) is 19.1. The van der Waals surface area contributed by atoms with E-state index in [1.54, 1.807) is 17.0 Å². The average molecular weight is 382 g/mol. The third kappa shape index (κ3) is 3.45. The normalized spacial score (nSPS) is 25.2. The third-order valence-electron chi connectivity index (χ3n) is 6.33. The second kappa shape index (κ2) is 7.64. The van der Waals surface area contributed by atoms with Crippen molar-refractivity contribution in [3.63, 3.8) is 0 Å². The van der Waals surface area contributed by atoms with Gasteiger partial charge in [-0.2, -0.15) is 0 Å². The molecule has 1 fully saturated rings. The van der Waals surface area contributed by atoms with Crippen LogP contribution in [0.15, 0.2) is 48.5 Å². The van der Waals surface area contributed by atoms with E-state index in [4.69, 9.17) is 0 Å². The molecule has 1 N–H and O–H groups in total. The molecule has 0 radical (unpaired) electrons. The first-order valence-electron chi connectivity index (χ1n) is 9.94. The molecule has 2 aliphatic rings. The van der Waals surface area contributed by atoms with Crippen molar-refractivity contribution in [2.24, 2.45) is 5.92 Å². The number of halogens is 1. The average Bonchev–Trinajstić information content (AvgIpc) is 2.65. The fourth-order valence-electron chi connectivity index (χ4n) is 4.49. The summed E-state index contributed by atoms with van der Waals surface area (Å²) in [6.07, 6.45) is 1.46. The van der Waals surface area contributed by atoms with Crippen molar-refractivity contribution in [3.8, 4) is 0 Å². The summed E-state index contributed by atoms with van der Waals surface area (Å²) in [5, 5.41) is 10.8. The Morgan fingerprint density at radius 3 is 2.50 bits per heavy atom. The molecule has 4 rings (SSSR count). The Morgan fingerprint density at radius 1 is 1.14 bits per heavy atom. The van der Waals surface area contributed by atoms with E-state index in [1.807, 2.05) is 32.3 Å². The van der Waals surface area contributed by atoms with Gasteiger partial charge in [-0.25, -0.2) is 4.39 Å². The van der Waals surface area contributed by atoms with E-state index in [1.165, 1.54) is 17.7 Å². The van der Waals surface area contributed by atoms with Crippen LogP contribution in [0.25, 0.3) is 0 Å². The summed E-state index contributed by atoms with van der Waals surface area (Å²) in [6.45, 7) is 0.554. The van der Waals surface area contributed by atoms with E-state index in [-0.39, 0.29) is 23.7 Å². The zero-order valence-electron chi connectivity index (χ0n) is 16.4. The van der Waals surface area contributed by atoms with Gasteiger partial charge in [-0.05, 0) is 68.1 Å². The van der Waals surface area contributed by atoms with Crippen LogP contribution in [0, 0.1) is 11.7 Å². The van der Waals surface area contributed by atoms with Crippen LogP contribution in [-0.2, 0) is 11.2 Å². The highest BCUT2D eigenvalue weighted by atomic mass is 19.1. The second-order valence-electron chi connectivity index (χ2n) is 8.23. The summed E-state index contributed by atoms with van der Waals surface area (Å²) in [6, 6.07) is 14.5. The maximum atomic E-state index is 13.5. The predicted octanol–water partition coefficient (Wildman–Crippen LogP) is 3.00. The number of aliphatic hydroxyl groups is 1. The maximum Gasteiger partial charge on any atom is 0.252 e. The lowest BCUT2D eigenvalue weighted by Gasteiger charge is -2.44. The van der Waals surface area contributed by atoms with Gasteiger partial charge in [0, 0.05) is 12.6 Å². The minimum absolute atomic E-state index is 0.00550. The lowest BCUT2D eigenvalue weighted by molar-refractivity contribution is -0.148. The standard InChI is InChI=1S/C23H27FN2O2/c1-25(2)19-13-17(14-19)22(27)23(28)26-12-11-15-5-3-4-6-20(15)21(26)16-7-9-18(24)10-8-16/h3-10,17,19,21-22,27H,11-14H2,1-2H3/t17-,19-,21-,22-/m0/s1. The monoisotopic (exact) mass is 382 g/mol. The molecule has 1 amide bonds. The fraction of sp³-hybridized carbons (Fsp3) is 0.435. The number of rotatable bonds is 4. The SMILES string of the molecule is CN(C)[C@H]1C[C@H]([C@H](O)C(=O)N2CCc3ccccc3[C@@H]2c2ccc(F)cc2)C1. The van der Waals surface area contributed by atoms with E-state index < -0.39 is 6.10 Å². The van der Waals surface area contributed by atoms with Crippen LogP contribution >= 0.6 is 0 Å². The first-order chi connectivity index (χ1) is 13.5. The molecule has 2 aromatic rings. The maximum absolute atomic E-state index is 13.5. The topological polar surface area (TPSA) is 43.8 Å². The van der Waals surface area contributed by atoms with Gasteiger partial charge >= 0.3 is 0 Å². The third-order valence-corrected chi connectivity index (χ3v) is 6.33. The van der Waals surface area contributed by atoms with Crippen LogP contribution in [0.3, 0.4) is 0 Å². The number of nitrogens with zero attached hydrogens (tertiary/aromatic N) is 2. The molecular weight excluding hydrogens is 355 g/mol. The van der Waals surface area contributed by atoms with Gasteiger partial charge in [-0.3, -0.25) is 4.79 Å². The minimum atomic E-state index is -0.982. The summed E-state index contributed by atoms with van der Waals surface area (Å²) >= 11 is 0. The van der Waals surface area contributed by atoms with Crippen LogP contribution in [0.2, 0.25) is 0 Å². The minimum Gasteiger partial charge on any atom is -0.383 e. The lowest BCUT2D eigenvalue weighted by Crippen LogP contribution is -2.52. The van der Waals surface area contributed by atoms with Gasteiger partial charge in [0.2, 0.25) is 0 Å². The van der Waals surface area contributed by atoms with Gasteiger partial charge in [-0.15, -0.1) is 0 Å². The first-order valence-corrected chi connectivity index (χ1v) is 9.94. The smallest absolute Gasteiger partial charge is 0.252 e. The van der Waals surface area contributed by atoms with Crippen molar-refractivity contribution in [1.82, 2.24) is 9.80 Å². The molecule has 148 valence electrons. The number of carbonyl (C=O) groups excluding carboxylic acids is 1. The molecular formula is C23H27FN2O2. The number of hydrogen-bond acceptors (Lipinski definition) is 3. The Hall–Kier alpha value is -2.24. The summed E-state index contributed by atoms with van der Waals surface area (Å²) in [7, 11) is 4.06. The molecule has 5 heteroatoms. The van der Waals surface area contributed by atoms with Gasteiger partial charge in [0.05, 0.1) is 6.04 Å². The summed E-state index contributed by atoms with van der Waals surface area (Å²) in [5.41, 5.74) is 3.13. The highest BCUT2D eigenvalue weighted by Gasteiger charge is 2.42. The molecule has 0 saturated heterocycles. The molecule has 4 nitrogen and oxygen atoms in total. The molecule has 0 aromatic heterocycles. The Morgan fingerprint density at radius 2 is 1.82 bits per heavy atom. The van der Waals surface area contributed by atoms with Crippen molar-refractivity contribution < 1.29 is 14.3 Å². The Bertz CT molecular complexity index is 846. The number of hydrogen-bond donors (Lipinski definition) is 1. The van der Waals surface area contributed by atoms with Crippen molar-refractivity contribution >= 4 is 5.91 Å². The molecule has 2 aromatic carbocycles. The van der Waals surface area contributed by atoms with Crippen LogP contribution in [0.5, 0.6) is 0 Å². The molecule has 28 heavy (non-hydrogen) atoms. The zero-order chi connectivity index (χ0) is 19.8. The number of benzene rings is 2. The molecule has 0 bridgehead atoms. The number of carbonyl (C=O) groups is 1. The van der Waals surface area contributed by atoms with Gasteiger partial charge in [0.15, 0.2) is 0 Å². The number of fused-ring (bicyclic) bond motifs is 1. The molecule has 1 aliphatic carbocycles. The van der Waals surface area contributed by atoms with Crippen molar-refractivity contribution in [1.29, 1.82) is 0 Å². The molecule has 1 saturated carbocycles. The van der Waals surface area contributed by atoms with Crippen molar-refractivity contribution in [2.75, 3.05) is 20.6 Å². The van der Waals surface area contributed by atoms with Gasteiger partial charge in [-0.1, -0.05) is 36.4 Å². The van der Waals surface area contributed by atoms with Crippen LogP contribution in [-0.4, -0.2) is 53.6 Å². The molecule has 2 atom stereocenters. The van der Waals surface area contributed by atoms with Gasteiger partial charge in [0.1, 0.15) is 11.9 Å².